The first-order chi connectivity index (χ1) is 14.6. The molecule has 1 aliphatic rings. The SMILES string of the molecule is C=CC(=O)C[C@H]1CCC[C@@H](n2c(-c3ccccn3)nc3cc(C(=O)CC)ccc32)C1. The number of rotatable bonds is 7. The van der Waals surface area contributed by atoms with Crippen LogP contribution in [0.15, 0.2) is 55.3 Å². The fourth-order valence-electron chi connectivity index (χ4n) is 4.57. The predicted molar refractivity (Wildman–Crippen MR) is 118 cm³/mol. The molecule has 0 N–H and O–H groups in total. The van der Waals surface area contributed by atoms with Gasteiger partial charge >= 0.3 is 0 Å². The first-order valence-corrected chi connectivity index (χ1v) is 10.7. The normalized spacial score (nSPS) is 19.0. The summed E-state index contributed by atoms with van der Waals surface area (Å²) in [4.78, 5) is 33.6. The van der Waals surface area contributed by atoms with E-state index in [-0.39, 0.29) is 17.6 Å². The maximum atomic E-state index is 12.2. The zero-order valence-electron chi connectivity index (χ0n) is 17.4. The number of nitrogens with zero attached hydrogens (tertiary/aromatic N) is 3. The number of carbonyl (C=O) groups is 2. The largest absolute Gasteiger partial charge is 0.320 e. The number of Topliss-reactive ketones (excluding diaryl/α,β-unsaturated/α-hetero) is 1. The summed E-state index contributed by atoms with van der Waals surface area (Å²) in [5.41, 5.74) is 3.35. The molecule has 5 nitrogen and oxygen atoms in total. The molecule has 0 radical (unpaired) electrons. The molecule has 4 rings (SSSR count). The Kier molecular flexibility index (Phi) is 5.88. The highest BCUT2D eigenvalue weighted by Crippen LogP contribution is 2.39. The van der Waals surface area contributed by atoms with Gasteiger partial charge in [0.2, 0.25) is 0 Å². The van der Waals surface area contributed by atoms with Crippen LogP contribution in [-0.4, -0.2) is 26.1 Å². The molecule has 1 fully saturated rings. The van der Waals surface area contributed by atoms with Gasteiger partial charge in [-0.2, -0.15) is 0 Å². The van der Waals surface area contributed by atoms with Crippen LogP contribution in [0.4, 0.5) is 0 Å². The lowest BCUT2D eigenvalue weighted by molar-refractivity contribution is -0.115. The van der Waals surface area contributed by atoms with E-state index in [0.717, 1.165) is 48.2 Å². The Morgan fingerprint density at radius 2 is 2.10 bits per heavy atom. The smallest absolute Gasteiger partial charge is 0.162 e. The number of carbonyl (C=O) groups excluding carboxylic acids is 2. The number of allylic oxidation sites excluding steroid dienone is 1. The molecule has 1 aliphatic carbocycles. The molecule has 1 saturated carbocycles. The average Bonchev–Trinajstić information content (AvgIpc) is 3.18. The average molecular weight is 402 g/mol. The summed E-state index contributed by atoms with van der Waals surface area (Å²) >= 11 is 0. The van der Waals surface area contributed by atoms with Gasteiger partial charge in [-0.15, -0.1) is 0 Å². The van der Waals surface area contributed by atoms with Crippen molar-refractivity contribution in [1.29, 1.82) is 0 Å². The van der Waals surface area contributed by atoms with Crippen molar-refractivity contribution in [1.82, 2.24) is 14.5 Å². The molecule has 0 aliphatic heterocycles. The van der Waals surface area contributed by atoms with E-state index in [2.05, 4.69) is 16.1 Å². The van der Waals surface area contributed by atoms with Gasteiger partial charge in [-0.1, -0.05) is 26.0 Å². The van der Waals surface area contributed by atoms with Crippen molar-refractivity contribution in [2.75, 3.05) is 0 Å². The molecule has 2 atom stereocenters. The molecule has 30 heavy (non-hydrogen) atoms. The Bertz CT molecular complexity index is 1080. The summed E-state index contributed by atoms with van der Waals surface area (Å²) in [5.74, 6) is 1.41. The summed E-state index contributed by atoms with van der Waals surface area (Å²) in [7, 11) is 0. The Morgan fingerprint density at radius 1 is 1.23 bits per heavy atom. The van der Waals surface area contributed by atoms with Crippen LogP contribution in [0.5, 0.6) is 0 Å². The van der Waals surface area contributed by atoms with Gasteiger partial charge < -0.3 is 4.57 Å². The third-order valence-corrected chi connectivity index (χ3v) is 6.06. The number of hydrogen-bond donors (Lipinski definition) is 0. The topological polar surface area (TPSA) is 64.8 Å². The molecule has 0 amide bonds. The van der Waals surface area contributed by atoms with Crippen molar-refractivity contribution in [3.05, 3.63) is 60.8 Å². The fourth-order valence-corrected chi connectivity index (χ4v) is 4.57. The summed E-state index contributed by atoms with van der Waals surface area (Å²) in [5, 5.41) is 0. The molecule has 1 aromatic carbocycles. The van der Waals surface area contributed by atoms with Crippen molar-refractivity contribution in [3.63, 3.8) is 0 Å². The lowest BCUT2D eigenvalue weighted by atomic mass is 9.82. The molecule has 2 heterocycles. The van der Waals surface area contributed by atoms with Crippen LogP contribution in [0, 0.1) is 5.92 Å². The number of imidazole rings is 1. The Hall–Kier alpha value is -3.08. The second-order valence-corrected chi connectivity index (χ2v) is 8.06. The second-order valence-electron chi connectivity index (χ2n) is 8.06. The first-order valence-electron chi connectivity index (χ1n) is 10.7. The summed E-state index contributed by atoms with van der Waals surface area (Å²) < 4.78 is 2.28. The standard InChI is InChI=1S/C25H27N3O2/c1-3-20(29)15-17-8-7-9-19(14-17)28-23-12-11-18(24(30)4-2)16-22(23)27-25(28)21-10-5-6-13-26-21/h3,5-6,10-13,16-17,19H,1,4,7-9,14-15H2,2H3/t17-,19+/m0/s1. The van der Waals surface area contributed by atoms with Gasteiger partial charge in [-0.05, 0) is 61.6 Å². The minimum atomic E-state index is 0.115. The van der Waals surface area contributed by atoms with Crippen molar-refractivity contribution >= 4 is 22.6 Å². The van der Waals surface area contributed by atoms with Gasteiger partial charge in [0.1, 0.15) is 5.69 Å². The van der Waals surface area contributed by atoms with Crippen LogP contribution < -0.4 is 0 Å². The van der Waals surface area contributed by atoms with E-state index in [1.165, 1.54) is 6.08 Å². The molecule has 154 valence electrons. The van der Waals surface area contributed by atoms with E-state index >= 15 is 0 Å². The van der Waals surface area contributed by atoms with E-state index in [9.17, 15) is 9.59 Å². The minimum Gasteiger partial charge on any atom is -0.320 e. The molecular weight excluding hydrogens is 374 g/mol. The van der Waals surface area contributed by atoms with Crippen molar-refractivity contribution in [2.24, 2.45) is 5.92 Å². The van der Waals surface area contributed by atoms with Crippen molar-refractivity contribution in [2.45, 2.75) is 51.5 Å². The van der Waals surface area contributed by atoms with Gasteiger partial charge in [0.25, 0.3) is 0 Å². The monoisotopic (exact) mass is 401 g/mol. The highest BCUT2D eigenvalue weighted by molar-refractivity contribution is 5.99. The summed E-state index contributed by atoms with van der Waals surface area (Å²) in [6, 6.07) is 11.9. The van der Waals surface area contributed by atoms with Gasteiger partial charge in [0, 0.05) is 30.6 Å². The molecule has 0 unspecified atom stereocenters. The summed E-state index contributed by atoms with van der Waals surface area (Å²) in [6.45, 7) is 5.49. The summed E-state index contributed by atoms with van der Waals surface area (Å²) in [6.07, 6.45) is 8.35. The van der Waals surface area contributed by atoms with Crippen LogP contribution in [0.3, 0.4) is 0 Å². The Morgan fingerprint density at radius 3 is 2.83 bits per heavy atom. The van der Waals surface area contributed by atoms with E-state index in [0.29, 0.717) is 24.3 Å². The van der Waals surface area contributed by atoms with Gasteiger partial charge in [0.15, 0.2) is 17.4 Å². The van der Waals surface area contributed by atoms with Crippen LogP contribution in [0.2, 0.25) is 0 Å². The predicted octanol–water partition coefficient (Wildman–Crippen LogP) is 5.57. The number of fused-ring (bicyclic) bond motifs is 1. The first kappa shape index (κ1) is 20.2. The Labute approximate surface area is 176 Å². The van der Waals surface area contributed by atoms with Crippen LogP contribution in [-0.2, 0) is 4.79 Å². The minimum absolute atomic E-state index is 0.115. The molecule has 0 spiro atoms. The highest BCUT2D eigenvalue weighted by atomic mass is 16.1. The van der Waals surface area contributed by atoms with E-state index in [1.54, 1.807) is 6.20 Å². The van der Waals surface area contributed by atoms with E-state index < -0.39 is 0 Å². The zero-order valence-corrected chi connectivity index (χ0v) is 17.4. The third kappa shape index (κ3) is 3.97. The number of aromatic nitrogens is 3. The highest BCUT2D eigenvalue weighted by Gasteiger charge is 2.28. The lowest BCUT2D eigenvalue weighted by Crippen LogP contribution is -2.21. The van der Waals surface area contributed by atoms with E-state index in [1.807, 2.05) is 43.3 Å². The third-order valence-electron chi connectivity index (χ3n) is 6.06. The van der Waals surface area contributed by atoms with Gasteiger partial charge in [-0.3, -0.25) is 14.6 Å². The van der Waals surface area contributed by atoms with Gasteiger partial charge in [-0.25, -0.2) is 4.98 Å². The molecule has 5 heteroatoms. The van der Waals surface area contributed by atoms with Crippen LogP contribution in [0.25, 0.3) is 22.6 Å². The maximum Gasteiger partial charge on any atom is 0.162 e. The molecule has 3 aromatic rings. The second kappa shape index (κ2) is 8.74. The number of hydrogen-bond acceptors (Lipinski definition) is 4. The quantitative estimate of drug-likeness (QED) is 0.384. The van der Waals surface area contributed by atoms with Gasteiger partial charge in [0.05, 0.1) is 11.0 Å². The molecule has 0 saturated heterocycles. The fraction of sp³-hybridized carbons (Fsp3) is 0.360. The number of ketones is 2. The lowest BCUT2D eigenvalue weighted by Gasteiger charge is -2.31. The molecule has 2 aromatic heterocycles. The zero-order chi connectivity index (χ0) is 21.1. The molecular formula is C25H27N3O2. The maximum absolute atomic E-state index is 12.2. The number of benzene rings is 1. The van der Waals surface area contributed by atoms with Crippen LogP contribution >= 0.6 is 0 Å². The Balaban J connectivity index is 1.79. The van der Waals surface area contributed by atoms with Crippen molar-refractivity contribution < 1.29 is 9.59 Å². The van der Waals surface area contributed by atoms with Crippen molar-refractivity contribution in [3.8, 4) is 11.5 Å². The molecule has 0 bridgehead atoms. The number of pyridine rings is 1. The van der Waals surface area contributed by atoms with E-state index in [4.69, 9.17) is 4.98 Å². The van der Waals surface area contributed by atoms with Crippen LogP contribution in [0.1, 0.15) is 61.8 Å².